The van der Waals surface area contributed by atoms with E-state index in [0.717, 1.165) is 27.9 Å². The Morgan fingerprint density at radius 3 is 2.33 bits per heavy atom. The van der Waals surface area contributed by atoms with Gasteiger partial charge in [-0.25, -0.2) is 0 Å². The lowest BCUT2D eigenvalue weighted by Crippen LogP contribution is -2.44. The second-order valence-electron chi connectivity index (χ2n) is 8.23. The predicted octanol–water partition coefficient (Wildman–Crippen LogP) is 5.68. The molecule has 0 amide bonds. The van der Waals surface area contributed by atoms with Gasteiger partial charge >= 0.3 is 0 Å². The fraction of sp³-hybridized carbons (Fsp3) is 0.550. The molecule has 1 aromatic heterocycles. The molecule has 0 fully saturated rings. The lowest BCUT2D eigenvalue weighted by Gasteiger charge is -2.36. The number of hydrogen-bond acceptors (Lipinski definition) is 2. The van der Waals surface area contributed by atoms with Gasteiger partial charge in [-0.05, 0) is 51.9 Å². The van der Waals surface area contributed by atoms with Gasteiger partial charge in [0.25, 0.3) is 8.32 Å². The maximum Gasteiger partial charge on any atom is 0.250 e. The van der Waals surface area contributed by atoms with Crippen LogP contribution in [0.1, 0.15) is 58.8 Å². The molecule has 1 aromatic carbocycles. The largest absolute Gasteiger partial charge is 0.543 e. The molecule has 1 heterocycles. The van der Waals surface area contributed by atoms with Crippen LogP contribution in [0.15, 0.2) is 12.1 Å². The third kappa shape index (κ3) is 3.37. The molecule has 24 heavy (non-hydrogen) atoms. The van der Waals surface area contributed by atoms with Crippen LogP contribution in [-0.4, -0.2) is 18.1 Å². The molecule has 0 aliphatic rings. The highest BCUT2D eigenvalue weighted by molar-refractivity contribution is 6.74. The number of hydrogen-bond donors (Lipinski definition) is 0. The Bertz CT molecular complexity index is 814. The van der Waals surface area contributed by atoms with E-state index in [2.05, 4.69) is 83.3 Å². The minimum atomic E-state index is -1.93. The van der Waals surface area contributed by atoms with Gasteiger partial charge in [0.15, 0.2) is 0 Å². The molecule has 0 saturated heterocycles. The van der Waals surface area contributed by atoms with Crippen molar-refractivity contribution in [3.05, 3.63) is 23.4 Å². The summed E-state index contributed by atoms with van der Waals surface area (Å²) in [4.78, 5) is 0. The van der Waals surface area contributed by atoms with Crippen LogP contribution >= 0.6 is 0 Å². The highest BCUT2D eigenvalue weighted by Gasteiger charge is 2.39. The lowest BCUT2D eigenvalue weighted by atomic mass is 10.1. The normalized spacial score (nSPS) is 12.4. The molecule has 0 saturated carbocycles. The summed E-state index contributed by atoms with van der Waals surface area (Å²) in [6.45, 7) is 19.5. The van der Waals surface area contributed by atoms with E-state index >= 15 is 0 Å². The maximum absolute atomic E-state index is 6.60. The van der Waals surface area contributed by atoms with Crippen molar-refractivity contribution in [2.45, 2.75) is 72.6 Å². The number of aromatic nitrogens is 2. The fourth-order valence-electron chi connectivity index (χ4n) is 2.46. The maximum atomic E-state index is 6.60. The van der Waals surface area contributed by atoms with Crippen LogP contribution < -0.4 is 4.43 Å². The average Bonchev–Trinajstić information content (AvgIpc) is 2.75. The van der Waals surface area contributed by atoms with E-state index in [1.807, 2.05) is 6.92 Å². The average molecular weight is 343 g/mol. The van der Waals surface area contributed by atoms with E-state index in [0.29, 0.717) is 6.04 Å². The molecule has 0 N–H and O–H groups in total. The summed E-state index contributed by atoms with van der Waals surface area (Å²) in [6, 6.07) is 4.58. The lowest BCUT2D eigenvalue weighted by molar-refractivity contribution is 0.490. The number of aryl methyl sites for hydroxylation is 1. The molecule has 0 atom stereocenters. The number of nitrogens with zero attached hydrogens (tertiary/aromatic N) is 2. The third-order valence-electron chi connectivity index (χ3n) is 4.91. The van der Waals surface area contributed by atoms with Crippen molar-refractivity contribution in [3.63, 3.8) is 0 Å². The molecule has 0 radical (unpaired) electrons. The summed E-state index contributed by atoms with van der Waals surface area (Å²) < 4.78 is 8.67. The zero-order valence-corrected chi connectivity index (χ0v) is 17.5. The molecule has 0 aliphatic carbocycles. The third-order valence-corrected chi connectivity index (χ3v) is 9.25. The van der Waals surface area contributed by atoms with Crippen LogP contribution in [0.2, 0.25) is 18.1 Å². The van der Waals surface area contributed by atoms with Crippen LogP contribution in [0.4, 0.5) is 0 Å². The summed E-state index contributed by atoms with van der Waals surface area (Å²) in [5.41, 5.74) is 3.12. The molecule has 0 bridgehead atoms. The van der Waals surface area contributed by atoms with E-state index in [-0.39, 0.29) is 5.04 Å². The molecule has 0 unspecified atom stereocenters. The first kappa shape index (κ1) is 18.6. The van der Waals surface area contributed by atoms with Gasteiger partial charge in [0, 0.05) is 17.5 Å². The van der Waals surface area contributed by atoms with Crippen LogP contribution in [0.25, 0.3) is 10.9 Å². The predicted molar refractivity (Wildman–Crippen MR) is 105 cm³/mol. The van der Waals surface area contributed by atoms with Crippen molar-refractivity contribution in [3.8, 4) is 17.6 Å². The molecule has 4 heteroatoms. The molecule has 3 nitrogen and oxygen atoms in total. The molecule has 2 aromatic rings. The van der Waals surface area contributed by atoms with Crippen LogP contribution in [0.3, 0.4) is 0 Å². The molecule has 0 spiro atoms. The first-order valence-corrected chi connectivity index (χ1v) is 11.5. The quantitative estimate of drug-likeness (QED) is 0.530. The van der Waals surface area contributed by atoms with Gasteiger partial charge in [-0.1, -0.05) is 26.7 Å². The van der Waals surface area contributed by atoms with E-state index in [1.165, 1.54) is 0 Å². The molecular weight excluding hydrogens is 312 g/mol. The Hall–Kier alpha value is -1.73. The smallest absolute Gasteiger partial charge is 0.250 e. The van der Waals surface area contributed by atoms with Crippen molar-refractivity contribution >= 4 is 19.2 Å². The van der Waals surface area contributed by atoms with Gasteiger partial charge in [-0.2, -0.15) is 5.10 Å². The van der Waals surface area contributed by atoms with Gasteiger partial charge in [-0.15, -0.1) is 5.92 Å². The number of benzene rings is 1. The zero-order chi connectivity index (χ0) is 18.3. The Labute approximate surface area is 147 Å². The second kappa shape index (κ2) is 6.29. The van der Waals surface area contributed by atoms with E-state index in [4.69, 9.17) is 9.52 Å². The topological polar surface area (TPSA) is 27.1 Å². The van der Waals surface area contributed by atoms with Gasteiger partial charge in [0.2, 0.25) is 0 Å². The van der Waals surface area contributed by atoms with E-state index < -0.39 is 8.32 Å². The summed E-state index contributed by atoms with van der Waals surface area (Å²) in [5.74, 6) is 7.13. The molecule has 130 valence electrons. The molecular formula is C20H30N2OSi. The number of fused-ring (bicyclic) bond motifs is 1. The molecule has 0 aliphatic heterocycles. The minimum absolute atomic E-state index is 0.146. The van der Waals surface area contributed by atoms with Gasteiger partial charge in [0.1, 0.15) is 5.75 Å². The van der Waals surface area contributed by atoms with E-state index in [1.54, 1.807) is 0 Å². The Kier molecular flexibility index (Phi) is 4.88. The molecule has 2 rings (SSSR count). The van der Waals surface area contributed by atoms with Crippen molar-refractivity contribution in [1.82, 2.24) is 9.78 Å². The van der Waals surface area contributed by atoms with Crippen molar-refractivity contribution in [2.24, 2.45) is 0 Å². The minimum Gasteiger partial charge on any atom is -0.543 e. The van der Waals surface area contributed by atoms with Gasteiger partial charge < -0.3 is 4.43 Å². The SMILES string of the molecule is CC#Cc1cc2c(C)nn(C(C)C)c2cc1O[Si](C)(C)C(C)(C)C. The summed E-state index contributed by atoms with van der Waals surface area (Å²) >= 11 is 0. The summed E-state index contributed by atoms with van der Waals surface area (Å²) in [5, 5.41) is 6.00. The second-order valence-corrected chi connectivity index (χ2v) is 13.0. The Balaban J connectivity index is 2.68. The zero-order valence-electron chi connectivity index (χ0n) is 16.5. The standard InChI is InChI=1S/C20H30N2OSi/c1-10-11-16-12-17-15(4)21-22(14(2)3)18(17)13-19(16)23-24(8,9)20(5,6)7/h12-14H,1-9H3. The van der Waals surface area contributed by atoms with Gasteiger partial charge in [-0.3, -0.25) is 4.68 Å². The van der Waals surface area contributed by atoms with Gasteiger partial charge in [0.05, 0.1) is 16.8 Å². The summed E-state index contributed by atoms with van der Waals surface area (Å²) in [6.07, 6.45) is 0. The first-order chi connectivity index (χ1) is 11.0. The fourth-order valence-corrected chi connectivity index (χ4v) is 3.48. The van der Waals surface area contributed by atoms with Crippen LogP contribution in [-0.2, 0) is 0 Å². The van der Waals surface area contributed by atoms with Crippen molar-refractivity contribution in [2.75, 3.05) is 0 Å². The highest BCUT2D eigenvalue weighted by Crippen LogP contribution is 2.39. The monoisotopic (exact) mass is 342 g/mol. The first-order valence-electron chi connectivity index (χ1n) is 8.62. The van der Waals surface area contributed by atoms with Crippen LogP contribution in [0.5, 0.6) is 5.75 Å². The highest BCUT2D eigenvalue weighted by atomic mass is 28.4. The van der Waals surface area contributed by atoms with Crippen LogP contribution in [0, 0.1) is 18.8 Å². The summed E-state index contributed by atoms with van der Waals surface area (Å²) in [7, 11) is -1.93. The Morgan fingerprint density at radius 1 is 1.21 bits per heavy atom. The van der Waals surface area contributed by atoms with Crippen molar-refractivity contribution in [1.29, 1.82) is 0 Å². The van der Waals surface area contributed by atoms with E-state index in [9.17, 15) is 0 Å². The Morgan fingerprint density at radius 2 is 1.83 bits per heavy atom. The van der Waals surface area contributed by atoms with Crippen molar-refractivity contribution < 1.29 is 4.43 Å². The number of rotatable bonds is 3.